The molecule has 0 spiro atoms. The Hall–Kier alpha value is -0.840. The number of thiophene rings is 1. The van der Waals surface area contributed by atoms with Crippen molar-refractivity contribution in [3.05, 3.63) is 50.6 Å². The standard InChI is InChI=1S/C15H19BrN2S/c1-11(15-4-3-9-19-15)18(2)14-6-5-12(7-8-17)10-13(14)16/h3-6,9-11H,7-8,17H2,1-2H3. The molecule has 0 aliphatic carbocycles. The minimum absolute atomic E-state index is 0.372. The molecule has 2 N–H and O–H groups in total. The second kappa shape index (κ2) is 6.55. The van der Waals surface area contributed by atoms with Crippen molar-refractivity contribution in [2.24, 2.45) is 5.73 Å². The van der Waals surface area contributed by atoms with Crippen LogP contribution >= 0.6 is 27.3 Å². The molecule has 1 aromatic heterocycles. The van der Waals surface area contributed by atoms with Crippen LogP contribution in [0.25, 0.3) is 0 Å². The lowest BCUT2D eigenvalue weighted by atomic mass is 10.1. The summed E-state index contributed by atoms with van der Waals surface area (Å²) in [5.41, 5.74) is 8.08. The molecule has 0 fully saturated rings. The fourth-order valence-electron chi connectivity index (χ4n) is 2.09. The Balaban J connectivity index is 2.21. The van der Waals surface area contributed by atoms with Gasteiger partial charge in [0.1, 0.15) is 0 Å². The highest BCUT2D eigenvalue weighted by atomic mass is 79.9. The average molecular weight is 339 g/mol. The van der Waals surface area contributed by atoms with E-state index in [0.29, 0.717) is 12.6 Å². The third-order valence-electron chi connectivity index (χ3n) is 3.36. The topological polar surface area (TPSA) is 29.3 Å². The number of hydrogen-bond acceptors (Lipinski definition) is 3. The van der Waals surface area contributed by atoms with Crippen LogP contribution in [0.3, 0.4) is 0 Å². The van der Waals surface area contributed by atoms with E-state index in [1.165, 1.54) is 16.1 Å². The van der Waals surface area contributed by atoms with E-state index in [0.717, 1.165) is 10.9 Å². The number of nitrogens with two attached hydrogens (primary N) is 1. The van der Waals surface area contributed by atoms with E-state index in [9.17, 15) is 0 Å². The summed E-state index contributed by atoms with van der Waals surface area (Å²) >= 11 is 5.47. The Bertz CT molecular complexity index is 525. The number of rotatable bonds is 5. The molecule has 2 rings (SSSR count). The second-order valence-electron chi connectivity index (χ2n) is 4.63. The van der Waals surface area contributed by atoms with Gasteiger partial charge >= 0.3 is 0 Å². The SMILES string of the molecule is CC(c1cccs1)N(C)c1ccc(CCN)cc1Br. The zero-order chi connectivity index (χ0) is 13.8. The van der Waals surface area contributed by atoms with E-state index in [2.05, 4.69) is 70.5 Å². The zero-order valence-electron chi connectivity index (χ0n) is 11.3. The van der Waals surface area contributed by atoms with E-state index >= 15 is 0 Å². The number of benzene rings is 1. The first kappa shape index (κ1) is 14.6. The van der Waals surface area contributed by atoms with Crippen molar-refractivity contribution in [1.82, 2.24) is 0 Å². The smallest absolute Gasteiger partial charge is 0.0604 e. The summed E-state index contributed by atoms with van der Waals surface area (Å²) in [4.78, 5) is 3.67. The minimum Gasteiger partial charge on any atom is -0.366 e. The van der Waals surface area contributed by atoms with Crippen molar-refractivity contribution in [1.29, 1.82) is 0 Å². The predicted octanol–water partition coefficient (Wildman–Crippen LogP) is 4.21. The van der Waals surface area contributed by atoms with Gasteiger partial charge in [0.05, 0.1) is 11.7 Å². The highest BCUT2D eigenvalue weighted by Gasteiger charge is 2.15. The number of hydrogen-bond donors (Lipinski definition) is 1. The second-order valence-corrected chi connectivity index (χ2v) is 6.46. The van der Waals surface area contributed by atoms with Crippen molar-refractivity contribution in [2.45, 2.75) is 19.4 Å². The van der Waals surface area contributed by atoms with Crippen LogP contribution in [0.15, 0.2) is 40.2 Å². The molecule has 0 bridgehead atoms. The van der Waals surface area contributed by atoms with Crippen molar-refractivity contribution >= 4 is 33.0 Å². The van der Waals surface area contributed by atoms with Crippen LogP contribution < -0.4 is 10.6 Å². The molecule has 2 nitrogen and oxygen atoms in total. The third kappa shape index (κ3) is 3.38. The summed E-state index contributed by atoms with van der Waals surface area (Å²) in [5.74, 6) is 0. The molecule has 1 atom stereocenters. The Morgan fingerprint density at radius 1 is 1.37 bits per heavy atom. The van der Waals surface area contributed by atoms with E-state index in [1.807, 2.05) is 0 Å². The molecule has 19 heavy (non-hydrogen) atoms. The lowest BCUT2D eigenvalue weighted by Crippen LogP contribution is -2.21. The number of anilines is 1. The van der Waals surface area contributed by atoms with Crippen molar-refractivity contribution in [3.63, 3.8) is 0 Å². The third-order valence-corrected chi connectivity index (χ3v) is 5.04. The molecule has 0 amide bonds. The highest BCUT2D eigenvalue weighted by Crippen LogP contribution is 2.33. The molecule has 4 heteroatoms. The first-order chi connectivity index (χ1) is 9.13. The molecule has 0 aliphatic heterocycles. The van der Waals surface area contributed by atoms with Gasteiger partial charge in [-0.05, 0) is 65.0 Å². The van der Waals surface area contributed by atoms with Crippen LogP contribution in [0.2, 0.25) is 0 Å². The molecule has 2 aromatic rings. The molecular formula is C15H19BrN2S. The van der Waals surface area contributed by atoms with Gasteiger partial charge in [-0.3, -0.25) is 0 Å². The van der Waals surface area contributed by atoms with Crippen LogP contribution in [0.1, 0.15) is 23.4 Å². The summed E-state index contributed by atoms with van der Waals surface area (Å²) in [6, 6.07) is 11.1. The fraction of sp³-hybridized carbons (Fsp3) is 0.333. The Labute approximate surface area is 127 Å². The van der Waals surface area contributed by atoms with Crippen LogP contribution in [0, 0.1) is 0 Å². The maximum absolute atomic E-state index is 5.60. The Kier molecular flexibility index (Phi) is 5.02. The first-order valence-corrected chi connectivity index (χ1v) is 8.05. The van der Waals surface area contributed by atoms with E-state index in [-0.39, 0.29) is 0 Å². The molecule has 0 saturated carbocycles. The zero-order valence-corrected chi connectivity index (χ0v) is 13.7. The summed E-state index contributed by atoms with van der Waals surface area (Å²) in [6.45, 7) is 2.92. The van der Waals surface area contributed by atoms with Crippen LogP contribution in [0.5, 0.6) is 0 Å². The molecule has 102 valence electrons. The van der Waals surface area contributed by atoms with E-state index < -0.39 is 0 Å². The van der Waals surface area contributed by atoms with Gasteiger partial charge in [0.15, 0.2) is 0 Å². The maximum Gasteiger partial charge on any atom is 0.0604 e. The average Bonchev–Trinajstić information content (AvgIpc) is 2.91. The van der Waals surface area contributed by atoms with Crippen LogP contribution in [-0.4, -0.2) is 13.6 Å². The number of halogens is 1. The summed E-state index contributed by atoms with van der Waals surface area (Å²) in [7, 11) is 2.13. The van der Waals surface area contributed by atoms with Crippen molar-refractivity contribution < 1.29 is 0 Å². The van der Waals surface area contributed by atoms with Gasteiger partial charge in [-0.25, -0.2) is 0 Å². The van der Waals surface area contributed by atoms with Crippen LogP contribution in [-0.2, 0) is 6.42 Å². The fourth-order valence-corrected chi connectivity index (χ4v) is 3.62. The van der Waals surface area contributed by atoms with E-state index in [4.69, 9.17) is 5.73 Å². The molecule has 0 saturated heterocycles. The maximum atomic E-state index is 5.60. The lowest BCUT2D eigenvalue weighted by Gasteiger charge is -2.27. The predicted molar refractivity (Wildman–Crippen MR) is 88.0 cm³/mol. The van der Waals surface area contributed by atoms with Crippen molar-refractivity contribution in [2.75, 3.05) is 18.5 Å². The summed E-state index contributed by atoms with van der Waals surface area (Å²) in [6.07, 6.45) is 0.920. The normalized spacial score (nSPS) is 12.4. The van der Waals surface area contributed by atoms with Gasteiger partial charge in [0.2, 0.25) is 0 Å². The van der Waals surface area contributed by atoms with Gasteiger partial charge in [-0.1, -0.05) is 12.1 Å². The molecular weight excluding hydrogens is 320 g/mol. The summed E-state index contributed by atoms with van der Waals surface area (Å²) in [5, 5.41) is 2.12. The largest absolute Gasteiger partial charge is 0.366 e. The highest BCUT2D eigenvalue weighted by molar-refractivity contribution is 9.10. The quantitative estimate of drug-likeness (QED) is 0.884. The Morgan fingerprint density at radius 2 is 2.16 bits per heavy atom. The van der Waals surface area contributed by atoms with Gasteiger partial charge in [0, 0.05) is 16.4 Å². The number of nitrogens with zero attached hydrogens (tertiary/aromatic N) is 1. The van der Waals surface area contributed by atoms with Gasteiger partial charge in [0.25, 0.3) is 0 Å². The van der Waals surface area contributed by atoms with Gasteiger partial charge in [-0.15, -0.1) is 11.3 Å². The van der Waals surface area contributed by atoms with Gasteiger partial charge < -0.3 is 10.6 Å². The Morgan fingerprint density at radius 3 is 2.74 bits per heavy atom. The molecule has 0 aliphatic rings. The monoisotopic (exact) mass is 338 g/mol. The molecule has 1 unspecified atom stereocenters. The van der Waals surface area contributed by atoms with Gasteiger partial charge in [-0.2, -0.15) is 0 Å². The molecule has 0 radical (unpaired) electrons. The first-order valence-electron chi connectivity index (χ1n) is 6.38. The minimum atomic E-state index is 0.372. The van der Waals surface area contributed by atoms with E-state index in [1.54, 1.807) is 11.3 Å². The molecule has 1 aromatic carbocycles. The van der Waals surface area contributed by atoms with Crippen LogP contribution in [0.4, 0.5) is 5.69 Å². The summed E-state index contributed by atoms with van der Waals surface area (Å²) < 4.78 is 1.13. The lowest BCUT2D eigenvalue weighted by molar-refractivity contribution is 0.752. The molecule has 1 heterocycles. The van der Waals surface area contributed by atoms with Crippen molar-refractivity contribution in [3.8, 4) is 0 Å².